The third kappa shape index (κ3) is 2.94. The van der Waals surface area contributed by atoms with E-state index in [4.69, 9.17) is 0 Å². The van der Waals surface area contributed by atoms with Crippen LogP contribution in [-0.4, -0.2) is 41.2 Å². The van der Waals surface area contributed by atoms with Gasteiger partial charge in [-0.05, 0) is 49.8 Å². The van der Waals surface area contributed by atoms with Crippen LogP contribution in [0.15, 0.2) is 24.3 Å². The molecule has 0 radical (unpaired) electrons. The summed E-state index contributed by atoms with van der Waals surface area (Å²) in [7, 11) is 0. The summed E-state index contributed by atoms with van der Waals surface area (Å²) in [6.07, 6.45) is 4.55. The highest BCUT2D eigenvalue weighted by Gasteiger charge is 2.54. The monoisotopic (exact) mass is 344 g/mol. The number of nitrogens with zero attached hydrogens (tertiary/aromatic N) is 2. The van der Waals surface area contributed by atoms with Crippen molar-refractivity contribution in [3.63, 3.8) is 0 Å². The number of rotatable bonds is 3. The maximum absolute atomic E-state index is 13.2. The molecule has 4 nitrogen and oxygen atoms in total. The van der Waals surface area contributed by atoms with E-state index >= 15 is 0 Å². The summed E-state index contributed by atoms with van der Waals surface area (Å²) in [5.74, 6) is 0.135. The lowest BCUT2D eigenvalue weighted by Crippen LogP contribution is -2.50. The molecule has 0 bridgehead atoms. The predicted molar refractivity (Wildman–Crippen MR) is 92.0 cm³/mol. The van der Waals surface area contributed by atoms with E-state index < -0.39 is 5.41 Å². The minimum atomic E-state index is -0.404. The molecule has 0 N–H and O–H groups in total. The Morgan fingerprint density at radius 2 is 1.84 bits per heavy atom. The molecule has 2 aliphatic heterocycles. The third-order valence-corrected chi connectivity index (χ3v) is 6.27. The fourth-order valence-corrected chi connectivity index (χ4v) is 4.32. The maximum Gasteiger partial charge on any atom is 0.230 e. The highest BCUT2D eigenvalue weighted by atomic mass is 19.1. The van der Waals surface area contributed by atoms with Gasteiger partial charge in [0.05, 0.1) is 5.41 Å². The second-order valence-electron chi connectivity index (χ2n) is 8.27. The quantitative estimate of drug-likeness (QED) is 0.846. The highest BCUT2D eigenvalue weighted by molar-refractivity contribution is 5.88. The minimum absolute atomic E-state index is 0.166. The molecule has 25 heavy (non-hydrogen) atoms. The van der Waals surface area contributed by atoms with E-state index in [1.54, 1.807) is 12.1 Å². The zero-order valence-corrected chi connectivity index (χ0v) is 14.8. The summed E-state index contributed by atoms with van der Waals surface area (Å²) in [6, 6.07) is 6.35. The second-order valence-corrected chi connectivity index (χ2v) is 8.27. The number of likely N-dealkylation sites (tertiary alicyclic amines) is 2. The molecular weight excluding hydrogens is 319 g/mol. The highest BCUT2D eigenvalue weighted by Crippen LogP contribution is 2.49. The smallest absolute Gasteiger partial charge is 0.230 e. The molecule has 1 aromatic rings. The molecule has 1 aromatic carbocycles. The number of halogens is 1. The van der Waals surface area contributed by atoms with Crippen LogP contribution in [0, 0.1) is 16.6 Å². The minimum Gasteiger partial charge on any atom is -0.341 e. The van der Waals surface area contributed by atoms with Gasteiger partial charge in [-0.3, -0.25) is 9.59 Å². The van der Waals surface area contributed by atoms with Crippen LogP contribution in [0.2, 0.25) is 0 Å². The van der Waals surface area contributed by atoms with Crippen LogP contribution in [0.3, 0.4) is 0 Å². The van der Waals surface area contributed by atoms with Crippen LogP contribution in [-0.2, 0) is 16.1 Å². The van der Waals surface area contributed by atoms with E-state index in [2.05, 4.69) is 0 Å². The average Bonchev–Trinajstić information content (AvgIpc) is 3.21. The van der Waals surface area contributed by atoms with Crippen molar-refractivity contribution < 1.29 is 14.0 Å². The Balaban J connectivity index is 1.46. The number of carbonyl (C=O) groups excluding carboxylic acids is 2. The zero-order valence-electron chi connectivity index (χ0n) is 14.8. The molecule has 3 aliphatic rings. The summed E-state index contributed by atoms with van der Waals surface area (Å²) in [5, 5.41) is 0. The van der Waals surface area contributed by atoms with E-state index in [1.807, 2.05) is 16.7 Å². The van der Waals surface area contributed by atoms with Gasteiger partial charge in [0.15, 0.2) is 0 Å². The Bertz CT molecular complexity index is 698. The van der Waals surface area contributed by atoms with Gasteiger partial charge < -0.3 is 9.80 Å². The molecule has 1 saturated carbocycles. The molecule has 2 amide bonds. The molecule has 1 spiro atoms. The fourth-order valence-electron chi connectivity index (χ4n) is 4.32. The van der Waals surface area contributed by atoms with E-state index in [9.17, 15) is 14.0 Å². The van der Waals surface area contributed by atoms with Crippen molar-refractivity contribution in [2.75, 3.05) is 19.6 Å². The first kappa shape index (κ1) is 16.6. The largest absolute Gasteiger partial charge is 0.341 e. The van der Waals surface area contributed by atoms with Gasteiger partial charge in [0, 0.05) is 31.6 Å². The van der Waals surface area contributed by atoms with Crippen LogP contribution >= 0.6 is 0 Å². The molecule has 0 aromatic heterocycles. The first-order valence-corrected chi connectivity index (χ1v) is 9.25. The van der Waals surface area contributed by atoms with E-state index in [-0.39, 0.29) is 23.0 Å². The van der Waals surface area contributed by atoms with Crippen molar-refractivity contribution in [1.82, 2.24) is 9.80 Å². The van der Waals surface area contributed by atoms with Crippen molar-refractivity contribution in [3.05, 3.63) is 35.6 Å². The van der Waals surface area contributed by atoms with Crippen LogP contribution < -0.4 is 0 Å². The maximum atomic E-state index is 13.2. The van der Waals surface area contributed by atoms with Crippen molar-refractivity contribution in [1.29, 1.82) is 0 Å². The molecule has 1 aliphatic carbocycles. The number of amides is 2. The number of carbonyl (C=O) groups is 2. The molecule has 2 saturated heterocycles. The van der Waals surface area contributed by atoms with E-state index in [0.717, 1.165) is 44.2 Å². The van der Waals surface area contributed by atoms with Crippen molar-refractivity contribution >= 4 is 11.8 Å². The topological polar surface area (TPSA) is 40.6 Å². The summed E-state index contributed by atoms with van der Waals surface area (Å²) >= 11 is 0. The van der Waals surface area contributed by atoms with Gasteiger partial charge in [-0.1, -0.05) is 19.1 Å². The Morgan fingerprint density at radius 1 is 1.12 bits per heavy atom. The van der Waals surface area contributed by atoms with Gasteiger partial charge in [0.2, 0.25) is 11.8 Å². The Hall–Kier alpha value is -1.91. The summed E-state index contributed by atoms with van der Waals surface area (Å²) in [5.41, 5.74) is 0.374. The number of benzene rings is 1. The van der Waals surface area contributed by atoms with Crippen molar-refractivity contribution in [2.45, 2.75) is 45.6 Å². The Morgan fingerprint density at radius 3 is 2.52 bits per heavy atom. The predicted octanol–water partition coefficient (Wildman–Crippen LogP) is 2.97. The standard InChI is InChI=1S/C20H25FN2O2/c1-19(8-9-19)17(24)23-12-10-20(14-23)7-2-11-22(18(20)25)13-15-3-5-16(21)6-4-15/h3-6H,2,7-14H2,1H3/t20-/m1/s1. The van der Waals surface area contributed by atoms with Crippen molar-refractivity contribution in [2.24, 2.45) is 10.8 Å². The first-order valence-electron chi connectivity index (χ1n) is 9.25. The second kappa shape index (κ2) is 5.82. The normalized spacial score (nSPS) is 27.8. The lowest BCUT2D eigenvalue weighted by atomic mass is 9.78. The van der Waals surface area contributed by atoms with E-state index in [1.165, 1.54) is 12.1 Å². The summed E-state index contributed by atoms with van der Waals surface area (Å²) in [4.78, 5) is 29.6. The van der Waals surface area contributed by atoms with Gasteiger partial charge in [0.1, 0.15) is 5.82 Å². The van der Waals surface area contributed by atoms with Crippen LogP contribution in [0.5, 0.6) is 0 Å². The fraction of sp³-hybridized carbons (Fsp3) is 0.600. The van der Waals surface area contributed by atoms with Gasteiger partial charge in [0.25, 0.3) is 0 Å². The average molecular weight is 344 g/mol. The van der Waals surface area contributed by atoms with Crippen LogP contribution in [0.25, 0.3) is 0 Å². The first-order chi connectivity index (χ1) is 11.9. The molecule has 4 rings (SSSR count). The molecule has 3 fully saturated rings. The molecule has 2 heterocycles. The van der Waals surface area contributed by atoms with E-state index in [0.29, 0.717) is 19.6 Å². The van der Waals surface area contributed by atoms with Crippen LogP contribution in [0.1, 0.15) is 44.6 Å². The number of piperidine rings is 1. The van der Waals surface area contributed by atoms with Gasteiger partial charge in [-0.15, -0.1) is 0 Å². The summed E-state index contributed by atoms with van der Waals surface area (Å²) in [6.45, 7) is 4.56. The van der Waals surface area contributed by atoms with Crippen molar-refractivity contribution in [3.8, 4) is 0 Å². The number of hydrogen-bond acceptors (Lipinski definition) is 2. The molecule has 1 atom stereocenters. The zero-order chi connectivity index (χ0) is 17.7. The molecule has 5 heteroatoms. The SMILES string of the molecule is CC1(C(=O)N2CC[C@]3(CCCN(Cc4ccc(F)cc4)C3=O)C2)CC1. The third-order valence-electron chi connectivity index (χ3n) is 6.27. The lowest BCUT2D eigenvalue weighted by molar-refractivity contribution is -0.147. The Kier molecular flexibility index (Phi) is 3.85. The van der Waals surface area contributed by atoms with Gasteiger partial charge >= 0.3 is 0 Å². The van der Waals surface area contributed by atoms with Crippen LogP contribution in [0.4, 0.5) is 4.39 Å². The summed E-state index contributed by atoms with van der Waals surface area (Å²) < 4.78 is 13.1. The van der Waals surface area contributed by atoms with Gasteiger partial charge in [-0.2, -0.15) is 0 Å². The number of hydrogen-bond donors (Lipinski definition) is 0. The molecule has 0 unspecified atom stereocenters. The van der Waals surface area contributed by atoms with Gasteiger partial charge in [-0.25, -0.2) is 4.39 Å². The lowest BCUT2D eigenvalue weighted by Gasteiger charge is -2.39. The molecular formula is C20H25FN2O2. The Labute approximate surface area is 148 Å². The molecule has 134 valence electrons.